The number of nitrogens with one attached hydrogen (secondary N) is 4. The highest BCUT2D eigenvalue weighted by molar-refractivity contribution is 6.32. The van der Waals surface area contributed by atoms with Crippen molar-refractivity contribution in [3.05, 3.63) is 75.7 Å². The van der Waals surface area contributed by atoms with Gasteiger partial charge in [0.15, 0.2) is 5.82 Å². The lowest BCUT2D eigenvalue weighted by Crippen LogP contribution is -2.30. The minimum absolute atomic E-state index is 0.0578. The van der Waals surface area contributed by atoms with Crippen molar-refractivity contribution in [2.24, 2.45) is 5.92 Å². The average Bonchev–Trinajstić information content (AvgIpc) is 3.55. The zero-order valence-electron chi connectivity index (χ0n) is 23.4. The van der Waals surface area contributed by atoms with Crippen LogP contribution >= 0.6 is 23.2 Å². The third kappa shape index (κ3) is 6.20. The van der Waals surface area contributed by atoms with Crippen LogP contribution < -0.4 is 16.0 Å². The molecule has 1 aliphatic rings. The summed E-state index contributed by atoms with van der Waals surface area (Å²) in [4.78, 5) is 46.1. The number of carbonyl (C=O) groups is 3. The fraction of sp³-hybridized carbons (Fsp3) is 0.276. The molecule has 4 aromatic rings. The molecule has 2 atom stereocenters. The van der Waals surface area contributed by atoms with Crippen molar-refractivity contribution in [2.75, 3.05) is 17.7 Å². The second-order valence-corrected chi connectivity index (χ2v) is 10.9. The van der Waals surface area contributed by atoms with Crippen molar-refractivity contribution in [3.63, 3.8) is 0 Å². The average molecular weight is 628 g/mol. The molecule has 0 saturated carbocycles. The Morgan fingerprint density at radius 2 is 1.98 bits per heavy atom. The monoisotopic (exact) mass is 627 g/mol. The van der Waals surface area contributed by atoms with Crippen molar-refractivity contribution in [3.8, 4) is 16.9 Å². The summed E-state index contributed by atoms with van der Waals surface area (Å²) in [7, 11) is 1.25. The van der Waals surface area contributed by atoms with Crippen LogP contribution in [0.25, 0.3) is 16.9 Å². The summed E-state index contributed by atoms with van der Waals surface area (Å²) < 4.78 is 20.7. The van der Waals surface area contributed by atoms with E-state index in [0.29, 0.717) is 53.4 Å². The van der Waals surface area contributed by atoms with Gasteiger partial charge in [0, 0.05) is 17.2 Å². The van der Waals surface area contributed by atoms with Crippen LogP contribution in [0.2, 0.25) is 10.2 Å². The van der Waals surface area contributed by atoms with Crippen molar-refractivity contribution >= 4 is 52.5 Å². The van der Waals surface area contributed by atoms with Gasteiger partial charge in [0.25, 0.3) is 5.91 Å². The Kier molecular flexibility index (Phi) is 8.69. The summed E-state index contributed by atoms with van der Waals surface area (Å²) in [6.07, 6.45) is 2.27. The summed E-state index contributed by atoms with van der Waals surface area (Å²) >= 11 is 12.6. The molecule has 224 valence electrons. The van der Waals surface area contributed by atoms with Gasteiger partial charge in [0.1, 0.15) is 22.4 Å². The summed E-state index contributed by atoms with van der Waals surface area (Å²) in [5.74, 6) is -1.25. The number of anilines is 2. The van der Waals surface area contributed by atoms with E-state index in [-0.39, 0.29) is 33.3 Å². The van der Waals surface area contributed by atoms with E-state index in [9.17, 15) is 18.8 Å². The number of aromatic amines is 1. The third-order valence-electron chi connectivity index (χ3n) is 7.27. The second-order valence-electron chi connectivity index (χ2n) is 10.1. The molecule has 43 heavy (non-hydrogen) atoms. The molecule has 3 amide bonds. The van der Waals surface area contributed by atoms with Gasteiger partial charge in [0.2, 0.25) is 5.91 Å². The Balaban J connectivity index is 1.48. The first-order valence-electron chi connectivity index (χ1n) is 13.4. The van der Waals surface area contributed by atoms with E-state index in [1.54, 1.807) is 31.2 Å². The van der Waals surface area contributed by atoms with Gasteiger partial charge in [0.05, 0.1) is 41.3 Å². The number of hydrogen-bond acceptors (Lipinski definition) is 6. The van der Waals surface area contributed by atoms with E-state index in [4.69, 9.17) is 28.2 Å². The number of rotatable bonds is 4. The summed E-state index contributed by atoms with van der Waals surface area (Å²) in [5, 5.41) is 12.9. The lowest BCUT2D eigenvalue weighted by molar-refractivity contribution is -0.119. The van der Waals surface area contributed by atoms with Crippen LogP contribution in [-0.2, 0) is 9.53 Å². The Morgan fingerprint density at radius 1 is 1.19 bits per heavy atom. The summed E-state index contributed by atoms with van der Waals surface area (Å²) in [6, 6.07) is 8.85. The number of methoxy groups -OCH3 is 1. The number of halogens is 3. The van der Waals surface area contributed by atoms with E-state index in [2.05, 4.69) is 30.8 Å². The molecular formula is C29H28Cl2FN7O4. The van der Waals surface area contributed by atoms with Gasteiger partial charge in [-0.15, -0.1) is 0 Å². The number of imidazole rings is 1. The number of hydrogen-bond donors (Lipinski definition) is 4. The maximum Gasteiger partial charge on any atom is 0.411 e. The smallest absolute Gasteiger partial charge is 0.411 e. The molecule has 1 aliphatic heterocycles. The van der Waals surface area contributed by atoms with Gasteiger partial charge in [-0.25, -0.2) is 18.9 Å². The van der Waals surface area contributed by atoms with Crippen LogP contribution in [0.5, 0.6) is 0 Å². The number of aromatic nitrogens is 4. The first-order valence-corrected chi connectivity index (χ1v) is 14.2. The lowest BCUT2D eigenvalue weighted by Gasteiger charge is -2.20. The predicted molar refractivity (Wildman–Crippen MR) is 160 cm³/mol. The van der Waals surface area contributed by atoms with E-state index < -0.39 is 23.9 Å². The van der Waals surface area contributed by atoms with Crippen LogP contribution in [0.3, 0.4) is 0 Å². The first kappa shape index (κ1) is 30.1. The molecule has 0 radical (unpaired) electrons. The van der Waals surface area contributed by atoms with E-state index >= 15 is 0 Å². The largest absolute Gasteiger partial charge is 0.453 e. The molecule has 0 spiro atoms. The third-order valence-corrected chi connectivity index (χ3v) is 7.83. The van der Waals surface area contributed by atoms with Crippen molar-refractivity contribution < 1.29 is 23.5 Å². The SMILES string of the molecule is COC(=O)Nc1ccc2c(c1)NC(=O)[C@H](C)CCC[C@H](NC(=O)c1cnn(-c3cccc(Cl)c3F)c1C)c1nc-2c(Cl)[nH]1. The fourth-order valence-electron chi connectivity index (χ4n) is 4.87. The van der Waals surface area contributed by atoms with Gasteiger partial charge in [-0.1, -0.05) is 42.6 Å². The highest BCUT2D eigenvalue weighted by Crippen LogP contribution is 2.36. The molecule has 0 saturated heterocycles. The zero-order valence-corrected chi connectivity index (χ0v) is 24.9. The minimum atomic E-state index is -0.662. The fourth-order valence-corrected chi connectivity index (χ4v) is 5.28. The Hall–Kier alpha value is -4.42. The molecule has 0 fully saturated rings. The van der Waals surface area contributed by atoms with Crippen molar-refractivity contribution in [1.82, 2.24) is 25.1 Å². The number of amides is 3. The number of benzene rings is 2. The van der Waals surface area contributed by atoms with Crippen LogP contribution in [0.1, 0.15) is 54.1 Å². The van der Waals surface area contributed by atoms with Crippen LogP contribution in [0, 0.1) is 18.7 Å². The van der Waals surface area contributed by atoms with Crippen molar-refractivity contribution in [1.29, 1.82) is 0 Å². The molecule has 4 N–H and O–H groups in total. The van der Waals surface area contributed by atoms with Gasteiger partial charge in [-0.2, -0.15) is 5.10 Å². The Morgan fingerprint density at radius 3 is 2.74 bits per heavy atom. The number of H-pyrrole nitrogens is 1. The minimum Gasteiger partial charge on any atom is -0.453 e. The number of fused-ring (bicyclic) bond motifs is 4. The number of nitrogens with zero attached hydrogens (tertiary/aromatic N) is 3. The topological polar surface area (TPSA) is 143 Å². The molecule has 11 nitrogen and oxygen atoms in total. The van der Waals surface area contributed by atoms with Crippen LogP contribution in [0.4, 0.5) is 20.6 Å². The van der Waals surface area contributed by atoms with Gasteiger partial charge in [-0.05, 0) is 50.1 Å². The number of carbonyl (C=O) groups excluding carboxylic acids is 3. The Labute approximate surface area is 256 Å². The molecule has 0 unspecified atom stereocenters. The van der Waals surface area contributed by atoms with Gasteiger partial charge >= 0.3 is 6.09 Å². The standard InChI is InChI=1S/C29H28Cl2FN7O4/c1-14-6-4-8-20(35-28(41)18-13-33-39(15(18)2)22-9-5-7-19(30)23(22)32)26-37-24(25(31)38-26)17-11-10-16(34-29(42)43-3)12-21(17)36-27(14)40/h5,7,9-14,20H,4,6,8H2,1-3H3,(H,34,42)(H,35,41)(H,36,40)(H,37,38)/t14-,20+/m1/s1. The van der Waals surface area contributed by atoms with Crippen molar-refractivity contribution in [2.45, 2.75) is 39.2 Å². The molecule has 3 heterocycles. The highest BCUT2D eigenvalue weighted by atomic mass is 35.5. The lowest BCUT2D eigenvalue weighted by atomic mass is 9.99. The van der Waals surface area contributed by atoms with Crippen LogP contribution in [-0.4, -0.2) is 44.8 Å². The maximum atomic E-state index is 14.7. The van der Waals surface area contributed by atoms with E-state index in [0.717, 1.165) is 0 Å². The Bertz CT molecular complexity index is 1720. The molecule has 2 bridgehead atoms. The van der Waals surface area contributed by atoms with E-state index in [1.165, 1.54) is 30.1 Å². The van der Waals surface area contributed by atoms with Gasteiger partial charge in [-0.3, -0.25) is 14.9 Å². The second kappa shape index (κ2) is 12.4. The number of ether oxygens (including phenoxy) is 1. The molecule has 2 aromatic carbocycles. The van der Waals surface area contributed by atoms with Gasteiger partial charge < -0.3 is 20.4 Å². The predicted octanol–water partition coefficient (Wildman–Crippen LogP) is 6.42. The first-order chi connectivity index (χ1) is 20.6. The highest BCUT2D eigenvalue weighted by Gasteiger charge is 2.27. The molecule has 5 rings (SSSR count). The summed E-state index contributed by atoms with van der Waals surface area (Å²) in [5.41, 5.74) is 2.43. The molecule has 14 heteroatoms. The maximum absolute atomic E-state index is 14.7. The normalized spacial score (nSPS) is 16.7. The zero-order chi connectivity index (χ0) is 30.8. The molecule has 0 aliphatic carbocycles. The van der Waals surface area contributed by atoms with Crippen LogP contribution in [0.15, 0.2) is 42.6 Å². The molecular weight excluding hydrogens is 600 g/mol. The quantitative estimate of drug-likeness (QED) is 0.205. The summed E-state index contributed by atoms with van der Waals surface area (Å²) in [6.45, 7) is 3.47. The van der Waals surface area contributed by atoms with E-state index in [1.807, 2.05) is 6.92 Å². The molecule has 2 aromatic heterocycles.